The van der Waals surface area contributed by atoms with Gasteiger partial charge in [0.2, 0.25) is 0 Å². The molecule has 2 atom stereocenters. The Kier molecular flexibility index (Phi) is 5.01. The molecule has 6 nitrogen and oxygen atoms in total. The van der Waals surface area contributed by atoms with E-state index >= 15 is 0 Å². The minimum Gasteiger partial charge on any atom is -0.451 e. The molecule has 2 aliphatic heterocycles. The van der Waals surface area contributed by atoms with Gasteiger partial charge in [-0.1, -0.05) is 18.2 Å². The van der Waals surface area contributed by atoms with Crippen molar-refractivity contribution in [2.45, 2.75) is 12.5 Å². The Hall–Kier alpha value is -1.89. The van der Waals surface area contributed by atoms with E-state index in [1.807, 2.05) is 24.3 Å². The maximum Gasteiger partial charge on any atom is 0.287 e. The van der Waals surface area contributed by atoms with Crippen LogP contribution in [0.15, 0.2) is 34.7 Å². The van der Waals surface area contributed by atoms with Crippen molar-refractivity contribution in [2.24, 2.45) is 5.92 Å². The lowest BCUT2D eigenvalue weighted by molar-refractivity contribution is 0.00160. The summed E-state index contributed by atoms with van der Waals surface area (Å²) in [5.74, 6) is 0.659. The van der Waals surface area contributed by atoms with E-state index in [4.69, 9.17) is 13.9 Å². The number of fused-ring (bicyclic) bond motifs is 1. The second kappa shape index (κ2) is 7.56. The lowest BCUT2D eigenvalue weighted by atomic mass is 9.97. The van der Waals surface area contributed by atoms with E-state index in [0.29, 0.717) is 18.2 Å². The van der Waals surface area contributed by atoms with Crippen LogP contribution in [0.25, 0.3) is 11.0 Å². The molecular weight excluding hydrogens is 320 g/mol. The van der Waals surface area contributed by atoms with Gasteiger partial charge in [0.25, 0.3) is 5.91 Å². The zero-order valence-corrected chi connectivity index (χ0v) is 14.3. The van der Waals surface area contributed by atoms with Crippen molar-refractivity contribution < 1.29 is 18.7 Å². The van der Waals surface area contributed by atoms with Gasteiger partial charge in [-0.3, -0.25) is 9.69 Å². The van der Waals surface area contributed by atoms with Crippen molar-refractivity contribution in [2.75, 3.05) is 46.1 Å². The first-order valence-electron chi connectivity index (χ1n) is 8.97. The average Bonchev–Trinajstić information content (AvgIpc) is 3.32. The molecular formula is C19H24N2O4. The number of hydrogen-bond acceptors (Lipinski definition) is 5. The highest BCUT2D eigenvalue weighted by atomic mass is 16.5. The first kappa shape index (κ1) is 16.6. The van der Waals surface area contributed by atoms with Crippen molar-refractivity contribution in [3.8, 4) is 0 Å². The minimum atomic E-state index is -0.159. The number of para-hydroxylation sites is 1. The van der Waals surface area contributed by atoms with Crippen LogP contribution in [0.1, 0.15) is 17.0 Å². The monoisotopic (exact) mass is 344 g/mol. The van der Waals surface area contributed by atoms with E-state index in [1.54, 1.807) is 6.07 Å². The van der Waals surface area contributed by atoms with Gasteiger partial charge in [-0.15, -0.1) is 0 Å². The SMILES string of the molecule is O=C(NCC(C1CCOC1)N1CCOCC1)c1cc2ccccc2o1. The van der Waals surface area contributed by atoms with Crippen LogP contribution in [0.2, 0.25) is 0 Å². The third-order valence-corrected chi connectivity index (χ3v) is 5.14. The summed E-state index contributed by atoms with van der Waals surface area (Å²) in [6.07, 6.45) is 1.04. The van der Waals surface area contributed by atoms with Gasteiger partial charge < -0.3 is 19.2 Å². The van der Waals surface area contributed by atoms with Crippen LogP contribution in [-0.2, 0) is 9.47 Å². The third-order valence-electron chi connectivity index (χ3n) is 5.14. The van der Waals surface area contributed by atoms with E-state index in [9.17, 15) is 4.79 Å². The molecule has 2 unspecified atom stereocenters. The van der Waals surface area contributed by atoms with Crippen molar-refractivity contribution >= 4 is 16.9 Å². The Labute approximate surface area is 147 Å². The van der Waals surface area contributed by atoms with E-state index in [1.165, 1.54) is 0 Å². The number of furan rings is 1. The fourth-order valence-electron chi connectivity index (χ4n) is 3.74. The molecule has 2 aromatic rings. The summed E-state index contributed by atoms with van der Waals surface area (Å²) in [5.41, 5.74) is 0.738. The second-order valence-corrected chi connectivity index (χ2v) is 6.70. The Morgan fingerprint density at radius 2 is 2.04 bits per heavy atom. The van der Waals surface area contributed by atoms with E-state index in [-0.39, 0.29) is 11.9 Å². The number of benzene rings is 1. The van der Waals surface area contributed by atoms with Crippen LogP contribution in [0.3, 0.4) is 0 Å². The van der Waals surface area contributed by atoms with Crippen LogP contribution in [0, 0.1) is 5.92 Å². The van der Waals surface area contributed by atoms with E-state index in [2.05, 4.69) is 10.2 Å². The number of morpholine rings is 1. The second-order valence-electron chi connectivity index (χ2n) is 6.70. The minimum absolute atomic E-state index is 0.159. The molecule has 2 aliphatic rings. The molecule has 4 rings (SSSR count). The molecule has 6 heteroatoms. The summed E-state index contributed by atoms with van der Waals surface area (Å²) in [7, 11) is 0. The maximum absolute atomic E-state index is 12.5. The predicted molar refractivity (Wildman–Crippen MR) is 93.7 cm³/mol. The van der Waals surface area contributed by atoms with Crippen LogP contribution < -0.4 is 5.32 Å². The average molecular weight is 344 g/mol. The molecule has 1 aromatic carbocycles. The number of carbonyl (C=O) groups excluding carboxylic acids is 1. The smallest absolute Gasteiger partial charge is 0.287 e. The third kappa shape index (κ3) is 3.71. The molecule has 0 radical (unpaired) electrons. The largest absolute Gasteiger partial charge is 0.451 e. The standard InChI is InChI=1S/C19H24N2O4/c22-19(18-11-14-3-1-2-4-17(14)25-18)20-12-16(15-5-8-24-13-15)21-6-9-23-10-7-21/h1-4,11,15-16H,5-10,12-13H2,(H,20,22). The van der Waals surface area contributed by atoms with Crippen LogP contribution in [0.5, 0.6) is 0 Å². The van der Waals surface area contributed by atoms with Gasteiger partial charge in [-0.25, -0.2) is 0 Å². The van der Waals surface area contributed by atoms with Crippen molar-refractivity contribution in [3.05, 3.63) is 36.1 Å². The highest BCUT2D eigenvalue weighted by molar-refractivity contribution is 5.96. The number of rotatable bonds is 5. The number of nitrogens with one attached hydrogen (secondary N) is 1. The highest BCUT2D eigenvalue weighted by Gasteiger charge is 2.32. The van der Waals surface area contributed by atoms with Gasteiger partial charge in [0.05, 0.1) is 19.8 Å². The quantitative estimate of drug-likeness (QED) is 0.897. The molecule has 1 N–H and O–H groups in total. The van der Waals surface area contributed by atoms with Crippen molar-refractivity contribution in [1.29, 1.82) is 0 Å². The van der Waals surface area contributed by atoms with Crippen LogP contribution in [0.4, 0.5) is 0 Å². The summed E-state index contributed by atoms with van der Waals surface area (Å²) in [6, 6.07) is 9.74. The molecule has 2 saturated heterocycles. The summed E-state index contributed by atoms with van der Waals surface area (Å²) in [4.78, 5) is 15.0. The van der Waals surface area contributed by atoms with Crippen molar-refractivity contribution in [1.82, 2.24) is 10.2 Å². The molecule has 134 valence electrons. The first-order chi connectivity index (χ1) is 12.3. The summed E-state index contributed by atoms with van der Waals surface area (Å²) in [5, 5.41) is 4.01. The Balaban J connectivity index is 1.43. The molecule has 0 bridgehead atoms. The topological polar surface area (TPSA) is 63.9 Å². The van der Waals surface area contributed by atoms with Gasteiger partial charge in [-0.05, 0) is 18.6 Å². The van der Waals surface area contributed by atoms with Gasteiger partial charge in [0, 0.05) is 43.6 Å². The van der Waals surface area contributed by atoms with Gasteiger partial charge in [-0.2, -0.15) is 0 Å². The highest BCUT2D eigenvalue weighted by Crippen LogP contribution is 2.22. The summed E-state index contributed by atoms with van der Waals surface area (Å²) < 4.78 is 16.7. The van der Waals surface area contributed by atoms with Gasteiger partial charge in [0.15, 0.2) is 5.76 Å². The fourth-order valence-corrected chi connectivity index (χ4v) is 3.74. The molecule has 1 aromatic heterocycles. The Bertz CT molecular complexity index is 684. The number of ether oxygens (including phenoxy) is 2. The predicted octanol–water partition coefficient (Wildman–Crippen LogP) is 1.90. The number of nitrogens with zero attached hydrogens (tertiary/aromatic N) is 1. The van der Waals surface area contributed by atoms with Gasteiger partial charge in [0.1, 0.15) is 5.58 Å². The molecule has 3 heterocycles. The number of carbonyl (C=O) groups is 1. The fraction of sp³-hybridized carbons (Fsp3) is 0.526. The zero-order chi connectivity index (χ0) is 17.1. The van der Waals surface area contributed by atoms with E-state index < -0.39 is 0 Å². The summed E-state index contributed by atoms with van der Waals surface area (Å²) in [6.45, 7) is 5.49. The normalized spacial score (nSPS) is 23.0. The summed E-state index contributed by atoms with van der Waals surface area (Å²) >= 11 is 0. The molecule has 25 heavy (non-hydrogen) atoms. The lowest BCUT2D eigenvalue weighted by Crippen LogP contribution is -2.52. The maximum atomic E-state index is 12.5. The lowest BCUT2D eigenvalue weighted by Gasteiger charge is -2.37. The molecule has 2 fully saturated rings. The van der Waals surface area contributed by atoms with Crippen LogP contribution in [-0.4, -0.2) is 62.9 Å². The molecule has 0 spiro atoms. The zero-order valence-electron chi connectivity index (χ0n) is 14.3. The van der Waals surface area contributed by atoms with Crippen molar-refractivity contribution in [3.63, 3.8) is 0 Å². The van der Waals surface area contributed by atoms with Gasteiger partial charge >= 0.3 is 0 Å². The molecule has 0 saturated carbocycles. The first-order valence-corrected chi connectivity index (χ1v) is 8.97. The Morgan fingerprint density at radius 3 is 2.80 bits per heavy atom. The van der Waals surface area contributed by atoms with E-state index in [0.717, 1.165) is 56.9 Å². The molecule has 1 amide bonds. The number of amides is 1. The Morgan fingerprint density at radius 1 is 1.20 bits per heavy atom. The van der Waals surface area contributed by atoms with Crippen LogP contribution >= 0.6 is 0 Å². The number of hydrogen-bond donors (Lipinski definition) is 1. The molecule has 0 aliphatic carbocycles.